The quantitative estimate of drug-likeness (QED) is 0.257. The van der Waals surface area contributed by atoms with Crippen molar-refractivity contribution in [2.75, 3.05) is 69.4 Å². The lowest BCUT2D eigenvalue weighted by atomic mass is 10.0. The molecule has 2 fully saturated rings. The van der Waals surface area contributed by atoms with Crippen LogP contribution in [0.4, 0.5) is 11.5 Å². The monoisotopic (exact) mass is 668 g/mol. The molecular weight excluding hydrogens is 632 g/mol. The molecule has 5 heterocycles. The van der Waals surface area contributed by atoms with Crippen LogP contribution in [0.2, 0.25) is 5.02 Å². The highest BCUT2D eigenvalue weighted by Crippen LogP contribution is 2.37. The molecule has 14 heteroatoms. The second-order valence-corrected chi connectivity index (χ2v) is 12.7. The number of nitriles is 1. The van der Waals surface area contributed by atoms with Crippen LogP contribution in [0.5, 0.6) is 6.01 Å². The van der Waals surface area contributed by atoms with Gasteiger partial charge in [-0.1, -0.05) is 35.9 Å². The number of piperazine rings is 1. The van der Waals surface area contributed by atoms with Crippen LogP contribution in [0.1, 0.15) is 17.7 Å². The van der Waals surface area contributed by atoms with Crippen molar-refractivity contribution >= 4 is 46.0 Å². The van der Waals surface area contributed by atoms with Crippen LogP contribution in [0.15, 0.2) is 55.1 Å². The van der Waals surface area contributed by atoms with Gasteiger partial charge in [0.1, 0.15) is 25.1 Å². The lowest BCUT2D eigenvalue weighted by molar-refractivity contribution is -0.128. The predicted octanol–water partition coefficient (Wildman–Crippen LogP) is 3.25. The van der Waals surface area contributed by atoms with Crippen LogP contribution < -0.4 is 14.5 Å². The van der Waals surface area contributed by atoms with Crippen molar-refractivity contribution in [3.05, 3.63) is 71.4 Å². The summed E-state index contributed by atoms with van der Waals surface area (Å²) in [5, 5.41) is 16.6. The molecule has 0 aliphatic carbocycles. The molecule has 2 saturated heterocycles. The third kappa shape index (κ3) is 6.64. The Labute approximate surface area is 283 Å². The second-order valence-electron chi connectivity index (χ2n) is 12.2. The number of aromatic nitrogens is 5. The van der Waals surface area contributed by atoms with Crippen molar-refractivity contribution in [2.45, 2.75) is 31.5 Å². The fourth-order valence-electron chi connectivity index (χ4n) is 6.69. The number of likely N-dealkylation sites (N-methyl/N-ethyl adjacent to an activating group) is 1. The van der Waals surface area contributed by atoms with Crippen molar-refractivity contribution < 1.29 is 14.3 Å². The number of benzene rings is 2. The number of rotatable bonds is 8. The summed E-state index contributed by atoms with van der Waals surface area (Å²) in [6, 6.07) is 14.6. The molecule has 248 valence electrons. The average Bonchev–Trinajstić information content (AvgIpc) is 3.64. The van der Waals surface area contributed by atoms with E-state index in [4.69, 9.17) is 31.0 Å². The summed E-state index contributed by atoms with van der Waals surface area (Å²) >= 11 is 6.72. The van der Waals surface area contributed by atoms with Crippen LogP contribution >= 0.6 is 11.6 Å². The number of ether oxygens (including phenoxy) is 2. The third-order valence-electron chi connectivity index (χ3n) is 9.32. The highest BCUT2D eigenvalue weighted by molar-refractivity contribution is 6.36. The molecule has 3 aliphatic heterocycles. The molecule has 48 heavy (non-hydrogen) atoms. The highest BCUT2D eigenvalue weighted by atomic mass is 35.5. The molecule has 2 aromatic carbocycles. The number of nitrogens with zero attached hydrogens (tertiary/aromatic N) is 10. The zero-order chi connectivity index (χ0) is 33.0. The predicted molar refractivity (Wildman–Crippen MR) is 182 cm³/mol. The van der Waals surface area contributed by atoms with Crippen molar-refractivity contribution in [1.29, 1.82) is 5.26 Å². The maximum atomic E-state index is 13.2. The first-order valence-electron chi connectivity index (χ1n) is 16.2. The lowest BCUT2D eigenvalue weighted by Gasteiger charge is -2.42. The van der Waals surface area contributed by atoms with Crippen LogP contribution in [-0.4, -0.2) is 112 Å². The van der Waals surface area contributed by atoms with E-state index in [2.05, 4.69) is 62.2 Å². The van der Waals surface area contributed by atoms with Gasteiger partial charge in [0.05, 0.1) is 55.0 Å². The number of carbonyl (C=O) groups is 1. The Bertz CT molecular complexity index is 1840. The summed E-state index contributed by atoms with van der Waals surface area (Å²) in [5.74, 6) is 0.620. The van der Waals surface area contributed by atoms with Gasteiger partial charge in [0.15, 0.2) is 0 Å². The van der Waals surface area contributed by atoms with E-state index in [0.717, 1.165) is 46.6 Å². The van der Waals surface area contributed by atoms with E-state index in [1.807, 2.05) is 12.1 Å². The minimum Gasteiger partial charge on any atom is -0.462 e. The van der Waals surface area contributed by atoms with Gasteiger partial charge in [-0.15, -0.1) is 0 Å². The Balaban J connectivity index is 1.18. The van der Waals surface area contributed by atoms with E-state index in [0.29, 0.717) is 63.5 Å². The molecule has 0 bridgehead atoms. The smallest absolute Gasteiger partial charge is 0.318 e. The Morgan fingerprint density at radius 3 is 2.81 bits per heavy atom. The van der Waals surface area contributed by atoms with Crippen molar-refractivity contribution in [1.82, 2.24) is 34.5 Å². The van der Waals surface area contributed by atoms with Crippen molar-refractivity contribution in [3.63, 3.8) is 0 Å². The average molecular weight is 669 g/mol. The number of amides is 1. The van der Waals surface area contributed by atoms with Gasteiger partial charge in [0.25, 0.3) is 0 Å². The molecule has 2 atom stereocenters. The first-order chi connectivity index (χ1) is 23.5. The number of fused-ring (bicyclic) bond motifs is 2. The third-order valence-corrected chi connectivity index (χ3v) is 9.64. The first kappa shape index (κ1) is 31.8. The summed E-state index contributed by atoms with van der Waals surface area (Å²) in [6.07, 6.45) is 6.87. The lowest BCUT2D eigenvalue weighted by Crippen LogP contribution is -2.55. The van der Waals surface area contributed by atoms with E-state index in [1.165, 1.54) is 23.4 Å². The summed E-state index contributed by atoms with van der Waals surface area (Å²) in [4.78, 5) is 35.6. The molecule has 4 aromatic rings. The van der Waals surface area contributed by atoms with Gasteiger partial charge < -0.3 is 24.2 Å². The molecule has 0 saturated carbocycles. The number of halogens is 1. The summed E-state index contributed by atoms with van der Waals surface area (Å²) in [7, 11) is 2.07. The normalized spacial score (nSPS) is 20.2. The zero-order valence-electron chi connectivity index (χ0n) is 26.8. The highest BCUT2D eigenvalue weighted by Gasteiger charge is 2.34. The number of hydrogen-bond donors (Lipinski definition) is 0. The number of anilines is 2. The number of carbonyl (C=O) groups excluding carboxylic acids is 1. The summed E-state index contributed by atoms with van der Waals surface area (Å²) in [6.45, 7) is 5.29. The van der Waals surface area contributed by atoms with Gasteiger partial charge in [0, 0.05) is 61.6 Å². The molecule has 0 spiro atoms. The molecule has 2 aromatic heterocycles. The van der Waals surface area contributed by atoms with E-state index < -0.39 is 0 Å². The number of morpholine rings is 1. The standard InChI is InChI=1S/C34H37ClN10O3/c1-41-16-17-47-20-26(41)21-48-34-39-29-19-42(30-7-3-5-24-4-2-6-28(35)32(24)30)12-9-27(29)33(40-34)43-14-15-45(25(18-43)8-11-36)31(46)10-13-44-23-37-22-38-44/h2-7,10,13,22-23,25-26H,8-9,12,14-21H2,1H3/b13-10+/t25-,26-/m0/s1. The molecule has 0 unspecified atom stereocenters. The van der Waals surface area contributed by atoms with Gasteiger partial charge in [-0.05, 0) is 31.0 Å². The maximum Gasteiger partial charge on any atom is 0.318 e. The Morgan fingerprint density at radius 1 is 1.12 bits per heavy atom. The van der Waals surface area contributed by atoms with Gasteiger partial charge >= 0.3 is 6.01 Å². The molecule has 0 N–H and O–H groups in total. The molecule has 1 amide bonds. The SMILES string of the molecule is CN1CCOC[C@H]1COc1nc2c(c(N3CCN(C(=O)/C=C/n4cncn4)[C@@H](CC#N)C3)n1)CCN(c1cccc3cccc(Cl)c13)C2. The first-order valence-corrected chi connectivity index (χ1v) is 16.5. The van der Waals surface area contributed by atoms with Crippen LogP contribution in [0.3, 0.4) is 0 Å². The molecule has 0 radical (unpaired) electrons. The maximum absolute atomic E-state index is 13.2. The Hall–Kier alpha value is -4.77. The fourth-order valence-corrected chi connectivity index (χ4v) is 6.97. The van der Waals surface area contributed by atoms with E-state index in [1.54, 1.807) is 11.1 Å². The van der Waals surface area contributed by atoms with E-state index >= 15 is 0 Å². The largest absolute Gasteiger partial charge is 0.462 e. The molecule has 3 aliphatic rings. The van der Waals surface area contributed by atoms with Crippen molar-refractivity contribution in [3.8, 4) is 12.1 Å². The van der Waals surface area contributed by atoms with Gasteiger partial charge in [-0.25, -0.2) is 9.67 Å². The second kappa shape index (κ2) is 14.1. The summed E-state index contributed by atoms with van der Waals surface area (Å²) in [5.41, 5.74) is 3.02. The molecule has 7 rings (SSSR count). The fraction of sp³-hybridized carbons (Fsp3) is 0.412. The Morgan fingerprint density at radius 2 is 2.00 bits per heavy atom. The van der Waals surface area contributed by atoms with Gasteiger partial charge in [-0.3, -0.25) is 9.69 Å². The van der Waals surface area contributed by atoms with E-state index in [-0.39, 0.29) is 24.4 Å². The van der Waals surface area contributed by atoms with Gasteiger partial charge in [-0.2, -0.15) is 20.3 Å². The van der Waals surface area contributed by atoms with Crippen LogP contribution in [0.25, 0.3) is 17.0 Å². The van der Waals surface area contributed by atoms with Crippen LogP contribution in [-0.2, 0) is 22.5 Å². The summed E-state index contributed by atoms with van der Waals surface area (Å²) < 4.78 is 13.5. The molecular formula is C34H37ClN10O3. The zero-order valence-corrected chi connectivity index (χ0v) is 27.5. The van der Waals surface area contributed by atoms with E-state index in [9.17, 15) is 10.1 Å². The Kier molecular flexibility index (Phi) is 9.38. The van der Waals surface area contributed by atoms with Gasteiger partial charge in [0.2, 0.25) is 5.91 Å². The molecule has 13 nitrogen and oxygen atoms in total. The van der Waals surface area contributed by atoms with Crippen LogP contribution in [0, 0.1) is 11.3 Å². The topological polar surface area (TPSA) is 129 Å². The van der Waals surface area contributed by atoms with Crippen molar-refractivity contribution in [2.24, 2.45) is 0 Å². The minimum atomic E-state index is -0.322. The minimum absolute atomic E-state index is 0.0938. The number of hydrogen-bond acceptors (Lipinski definition) is 11.